The lowest BCUT2D eigenvalue weighted by Gasteiger charge is -2.04. The molecule has 1 aromatic rings. The lowest BCUT2D eigenvalue weighted by Crippen LogP contribution is -2.24. The van der Waals surface area contributed by atoms with Gasteiger partial charge >= 0.3 is 0 Å². The van der Waals surface area contributed by atoms with E-state index < -0.39 is 10.0 Å². The van der Waals surface area contributed by atoms with Crippen molar-refractivity contribution in [1.29, 1.82) is 10.5 Å². The monoisotopic (exact) mass is 235 g/mol. The van der Waals surface area contributed by atoms with Gasteiger partial charge in [-0.05, 0) is 24.3 Å². The van der Waals surface area contributed by atoms with E-state index in [1.165, 1.54) is 24.3 Å². The highest BCUT2D eigenvalue weighted by molar-refractivity contribution is 7.89. The molecule has 1 rings (SSSR count). The summed E-state index contributed by atoms with van der Waals surface area (Å²) in [5, 5.41) is 16.8. The standard InChI is InChI=1S/C10H9N3O2S/c11-6-1-7-13-16(14,15)10-4-2-9(8-12)3-5-10/h2-5,13H,1,7H2. The van der Waals surface area contributed by atoms with Gasteiger partial charge in [-0.3, -0.25) is 0 Å². The van der Waals surface area contributed by atoms with Crippen LogP contribution < -0.4 is 4.72 Å². The minimum Gasteiger partial charge on any atom is -0.210 e. The second kappa shape index (κ2) is 5.26. The minimum absolute atomic E-state index is 0.0822. The summed E-state index contributed by atoms with van der Waals surface area (Å²) in [5.41, 5.74) is 0.399. The summed E-state index contributed by atoms with van der Waals surface area (Å²) in [4.78, 5) is 0.0874. The lowest BCUT2D eigenvalue weighted by molar-refractivity contribution is 0.582. The molecule has 0 fully saturated rings. The summed E-state index contributed by atoms with van der Waals surface area (Å²) in [6.07, 6.45) is 0.121. The van der Waals surface area contributed by atoms with E-state index in [0.717, 1.165) is 0 Å². The number of nitrogens with zero attached hydrogens (tertiary/aromatic N) is 2. The first-order valence-corrected chi connectivity index (χ1v) is 5.95. The van der Waals surface area contributed by atoms with Crippen molar-refractivity contribution in [2.75, 3.05) is 6.54 Å². The third kappa shape index (κ3) is 3.06. The third-order valence-electron chi connectivity index (χ3n) is 1.82. The minimum atomic E-state index is -3.57. The molecule has 82 valence electrons. The molecule has 16 heavy (non-hydrogen) atoms. The average molecular weight is 235 g/mol. The molecule has 0 radical (unpaired) electrons. The van der Waals surface area contributed by atoms with Crippen molar-refractivity contribution in [1.82, 2.24) is 4.72 Å². The van der Waals surface area contributed by atoms with Gasteiger partial charge in [0, 0.05) is 13.0 Å². The van der Waals surface area contributed by atoms with Crippen LogP contribution in [0.4, 0.5) is 0 Å². The van der Waals surface area contributed by atoms with Crippen molar-refractivity contribution in [3.05, 3.63) is 29.8 Å². The van der Waals surface area contributed by atoms with Crippen molar-refractivity contribution < 1.29 is 8.42 Å². The largest absolute Gasteiger partial charge is 0.240 e. The van der Waals surface area contributed by atoms with E-state index in [2.05, 4.69) is 4.72 Å². The third-order valence-corrected chi connectivity index (χ3v) is 3.30. The van der Waals surface area contributed by atoms with Crippen LogP contribution in [0, 0.1) is 22.7 Å². The maximum absolute atomic E-state index is 11.6. The number of hydrogen-bond acceptors (Lipinski definition) is 4. The van der Waals surface area contributed by atoms with Crippen molar-refractivity contribution in [3.8, 4) is 12.1 Å². The van der Waals surface area contributed by atoms with Crippen LogP contribution in [-0.2, 0) is 10.0 Å². The molecule has 0 aliphatic heterocycles. The van der Waals surface area contributed by atoms with E-state index >= 15 is 0 Å². The summed E-state index contributed by atoms with van der Waals surface area (Å²) in [5.74, 6) is 0. The van der Waals surface area contributed by atoms with Gasteiger partial charge < -0.3 is 0 Å². The molecule has 0 heterocycles. The Morgan fingerprint density at radius 1 is 1.19 bits per heavy atom. The van der Waals surface area contributed by atoms with Gasteiger partial charge in [0.15, 0.2) is 0 Å². The smallest absolute Gasteiger partial charge is 0.210 e. The van der Waals surface area contributed by atoms with E-state index in [9.17, 15) is 8.42 Å². The fraction of sp³-hybridized carbons (Fsp3) is 0.200. The van der Waals surface area contributed by atoms with Gasteiger partial charge in [-0.1, -0.05) is 0 Å². The number of benzene rings is 1. The average Bonchev–Trinajstić information content (AvgIpc) is 2.29. The molecule has 0 saturated heterocycles. The topological polar surface area (TPSA) is 93.8 Å². The number of hydrogen-bond donors (Lipinski definition) is 1. The van der Waals surface area contributed by atoms with Crippen molar-refractivity contribution in [3.63, 3.8) is 0 Å². The Morgan fingerprint density at radius 3 is 2.31 bits per heavy atom. The summed E-state index contributed by atoms with van der Waals surface area (Å²) in [6, 6.07) is 9.31. The molecule has 1 aromatic carbocycles. The molecule has 0 atom stereocenters. The van der Waals surface area contributed by atoms with Crippen molar-refractivity contribution >= 4 is 10.0 Å². The molecular formula is C10H9N3O2S. The molecule has 0 bridgehead atoms. The second-order valence-corrected chi connectivity index (χ2v) is 4.71. The predicted octanol–water partition coefficient (Wildman–Crippen LogP) is 0.750. The van der Waals surface area contributed by atoms with Crippen molar-refractivity contribution in [2.24, 2.45) is 0 Å². The highest BCUT2D eigenvalue weighted by Crippen LogP contribution is 2.09. The zero-order chi connectivity index (χ0) is 12.0. The Labute approximate surface area is 94.0 Å². The molecule has 0 aromatic heterocycles. The molecule has 0 aliphatic rings. The van der Waals surface area contributed by atoms with Gasteiger partial charge in [-0.25, -0.2) is 13.1 Å². The SMILES string of the molecule is N#CCCNS(=O)(=O)c1ccc(C#N)cc1. The first-order chi connectivity index (χ1) is 7.60. The Morgan fingerprint density at radius 2 is 1.81 bits per heavy atom. The van der Waals surface area contributed by atoms with Crippen LogP contribution >= 0.6 is 0 Å². The Bertz CT molecular complexity index is 535. The molecular weight excluding hydrogens is 226 g/mol. The highest BCUT2D eigenvalue weighted by Gasteiger charge is 2.12. The first-order valence-electron chi connectivity index (χ1n) is 4.47. The zero-order valence-corrected chi connectivity index (χ0v) is 9.16. The van der Waals surface area contributed by atoms with Crippen LogP contribution in [0.15, 0.2) is 29.2 Å². The number of sulfonamides is 1. The molecule has 0 saturated carbocycles. The number of nitrogens with one attached hydrogen (secondary N) is 1. The summed E-state index contributed by atoms with van der Waals surface area (Å²) in [6.45, 7) is 0.0822. The van der Waals surface area contributed by atoms with E-state index in [4.69, 9.17) is 10.5 Å². The molecule has 0 unspecified atom stereocenters. The Hall–Kier alpha value is -1.89. The Kier molecular flexibility index (Phi) is 4.01. The number of rotatable bonds is 4. The first kappa shape index (κ1) is 12.2. The van der Waals surface area contributed by atoms with Crippen LogP contribution in [0.5, 0.6) is 0 Å². The van der Waals surface area contributed by atoms with Crippen LogP contribution in [0.2, 0.25) is 0 Å². The predicted molar refractivity (Wildman–Crippen MR) is 56.6 cm³/mol. The lowest BCUT2D eigenvalue weighted by atomic mass is 10.2. The van der Waals surface area contributed by atoms with Gasteiger partial charge in [0.2, 0.25) is 10.0 Å². The zero-order valence-electron chi connectivity index (χ0n) is 8.34. The van der Waals surface area contributed by atoms with Crippen LogP contribution in [-0.4, -0.2) is 15.0 Å². The van der Waals surface area contributed by atoms with E-state index in [1.54, 1.807) is 0 Å². The van der Waals surface area contributed by atoms with E-state index in [1.807, 2.05) is 12.1 Å². The van der Waals surface area contributed by atoms with Gasteiger partial charge in [0.1, 0.15) is 0 Å². The van der Waals surface area contributed by atoms with Crippen LogP contribution in [0.25, 0.3) is 0 Å². The maximum Gasteiger partial charge on any atom is 0.240 e. The highest BCUT2D eigenvalue weighted by atomic mass is 32.2. The molecule has 0 spiro atoms. The molecule has 6 heteroatoms. The van der Waals surface area contributed by atoms with E-state index in [0.29, 0.717) is 5.56 Å². The van der Waals surface area contributed by atoms with E-state index in [-0.39, 0.29) is 17.9 Å². The van der Waals surface area contributed by atoms with Gasteiger partial charge in [0.05, 0.1) is 22.6 Å². The quantitative estimate of drug-likeness (QED) is 0.779. The molecule has 0 aliphatic carbocycles. The second-order valence-electron chi connectivity index (χ2n) is 2.94. The van der Waals surface area contributed by atoms with Gasteiger partial charge in [-0.15, -0.1) is 0 Å². The fourth-order valence-corrected chi connectivity index (χ4v) is 2.07. The number of nitriles is 2. The maximum atomic E-state index is 11.6. The molecule has 1 N–H and O–H groups in total. The van der Waals surface area contributed by atoms with Crippen LogP contribution in [0.1, 0.15) is 12.0 Å². The molecule has 0 amide bonds. The van der Waals surface area contributed by atoms with Gasteiger partial charge in [-0.2, -0.15) is 10.5 Å². The Balaban J connectivity index is 2.83. The van der Waals surface area contributed by atoms with Crippen molar-refractivity contribution in [2.45, 2.75) is 11.3 Å². The molecule has 5 nitrogen and oxygen atoms in total. The summed E-state index contributed by atoms with van der Waals surface area (Å²) < 4.78 is 25.5. The van der Waals surface area contributed by atoms with Gasteiger partial charge in [0.25, 0.3) is 0 Å². The summed E-state index contributed by atoms with van der Waals surface area (Å²) >= 11 is 0. The normalized spacial score (nSPS) is 10.4. The summed E-state index contributed by atoms with van der Waals surface area (Å²) in [7, 11) is -3.57. The fourth-order valence-electron chi connectivity index (χ4n) is 1.03. The van der Waals surface area contributed by atoms with Crippen LogP contribution in [0.3, 0.4) is 0 Å².